The molecule has 0 spiro atoms. The number of hydrogen-bond donors (Lipinski definition) is 2. The van der Waals surface area contributed by atoms with Crippen LogP contribution in [-0.2, 0) is 10.0 Å². The van der Waals surface area contributed by atoms with E-state index in [1.165, 1.54) is 12.1 Å². The van der Waals surface area contributed by atoms with Gasteiger partial charge in [0.1, 0.15) is 0 Å². The van der Waals surface area contributed by atoms with Gasteiger partial charge >= 0.3 is 0 Å². The number of hydrogen-bond acceptors (Lipinski definition) is 3. The number of sulfonamides is 1. The monoisotopic (exact) mass is 318 g/mol. The first kappa shape index (κ1) is 17.4. The number of benzene rings is 1. The molecule has 0 aromatic heterocycles. The van der Waals surface area contributed by atoms with Gasteiger partial charge < -0.3 is 5.73 Å². The van der Waals surface area contributed by atoms with Crippen molar-refractivity contribution < 1.29 is 8.42 Å². The second-order valence-corrected chi connectivity index (χ2v) is 7.34. The molecule has 0 bridgehead atoms. The van der Waals surface area contributed by atoms with Crippen molar-refractivity contribution >= 4 is 21.6 Å². The maximum absolute atomic E-state index is 12.1. The van der Waals surface area contributed by atoms with Crippen molar-refractivity contribution in [2.45, 2.75) is 49.5 Å². The standard InChI is InChI=1S/C14H23ClN2O2S/c1-3-11(2)9-10-13(15)14(16)17-20(18,19)12-7-5-4-6-8-12/h4-8,11,13-14,17H,3,9-10,16H2,1-2H3. The molecule has 1 aromatic carbocycles. The topological polar surface area (TPSA) is 72.2 Å². The quantitative estimate of drug-likeness (QED) is 0.572. The summed E-state index contributed by atoms with van der Waals surface area (Å²) in [5.41, 5.74) is 5.85. The van der Waals surface area contributed by atoms with Crippen molar-refractivity contribution in [2.75, 3.05) is 0 Å². The second kappa shape index (κ2) is 7.98. The first-order valence-electron chi connectivity index (χ1n) is 6.84. The number of rotatable bonds is 8. The Kier molecular flexibility index (Phi) is 6.95. The molecular weight excluding hydrogens is 296 g/mol. The van der Waals surface area contributed by atoms with Crippen LogP contribution in [0.1, 0.15) is 33.1 Å². The van der Waals surface area contributed by atoms with Crippen molar-refractivity contribution in [1.29, 1.82) is 0 Å². The van der Waals surface area contributed by atoms with E-state index in [9.17, 15) is 8.42 Å². The van der Waals surface area contributed by atoms with Crippen molar-refractivity contribution in [2.24, 2.45) is 11.7 Å². The highest BCUT2D eigenvalue weighted by molar-refractivity contribution is 7.89. The average Bonchev–Trinajstić information content (AvgIpc) is 2.44. The third-order valence-electron chi connectivity index (χ3n) is 3.37. The van der Waals surface area contributed by atoms with Crippen molar-refractivity contribution in [3.8, 4) is 0 Å². The SMILES string of the molecule is CCC(C)CCC(Cl)C(N)NS(=O)(=O)c1ccccc1. The first-order valence-corrected chi connectivity index (χ1v) is 8.75. The Morgan fingerprint density at radius 1 is 1.25 bits per heavy atom. The summed E-state index contributed by atoms with van der Waals surface area (Å²) in [5, 5.41) is -0.414. The van der Waals surface area contributed by atoms with E-state index in [0.717, 1.165) is 12.8 Å². The van der Waals surface area contributed by atoms with E-state index in [4.69, 9.17) is 17.3 Å². The molecule has 3 unspecified atom stereocenters. The molecule has 3 N–H and O–H groups in total. The fourth-order valence-electron chi connectivity index (χ4n) is 1.75. The fourth-order valence-corrected chi connectivity index (χ4v) is 3.19. The molecule has 4 nitrogen and oxygen atoms in total. The van der Waals surface area contributed by atoms with Gasteiger partial charge in [0, 0.05) is 0 Å². The van der Waals surface area contributed by atoms with E-state index in [1.807, 2.05) is 0 Å². The molecule has 0 aliphatic heterocycles. The lowest BCUT2D eigenvalue weighted by molar-refractivity contribution is 0.455. The van der Waals surface area contributed by atoms with Crippen LogP contribution in [0.25, 0.3) is 0 Å². The predicted molar refractivity (Wildman–Crippen MR) is 83.1 cm³/mol. The van der Waals surface area contributed by atoms with Gasteiger partial charge in [-0.05, 0) is 30.9 Å². The number of alkyl halides is 1. The molecule has 0 saturated heterocycles. The second-order valence-electron chi connectivity index (χ2n) is 5.07. The summed E-state index contributed by atoms with van der Waals surface area (Å²) in [7, 11) is -3.61. The highest BCUT2D eigenvalue weighted by atomic mass is 35.5. The zero-order chi connectivity index (χ0) is 15.2. The maximum atomic E-state index is 12.1. The minimum atomic E-state index is -3.61. The highest BCUT2D eigenvalue weighted by Crippen LogP contribution is 2.17. The summed E-state index contributed by atoms with van der Waals surface area (Å²) in [4.78, 5) is 0.196. The Morgan fingerprint density at radius 2 is 1.85 bits per heavy atom. The predicted octanol–water partition coefficient (Wildman–Crippen LogP) is 2.68. The van der Waals surface area contributed by atoms with E-state index < -0.39 is 21.6 Å². The molecule has 6 heteroatoms. The van der Waals surface area contributed by atoms with E-state index in [2.05, 4.69) is 18.6 Å². The van der Waals surface area contributed by atoms with E-state index in [0.29, 0.717) is 12.3 Å². The summed E-state index contributed by atoms with van der Waals surface area (Å²) in [5.74, 6) is 0.564. The smallest absolute Gasteiger partial charge is 0.241 e. The van der Waals surface area contributed by atoms with Crippen molar-refractivity contribution in [3.63, 3.8) is 0 Å². The van der Waals surface area contributed by atoms with E-state index in [1.54, 1.807) is 18.2 Å². The molecule has 0 saturated carbocycles. The Labute approximate surface area is 126 Å². The zero-order valence-electron chi connectivity index (χ0n) is 11.9. The molecule has 0 fully saturated rings. The molecule has 1 aromatic rings. The van der Waals surface area contributed by atoms with Gasteiger partial charge in [-0.15, -0.1) is 11.6 Å². The van der Waals surface area contributed by atoms with Crippen molar-refractivity contribution in [3.05, 3.63) is 30.3 Å². The van der Waals surface area contributed by atoms with Crippen LogP contribution in [0.3, 0.4) is 0 Å². The van der Waals surface area contributed by atoms with Crippen LogP contribution >= 0.6 is 11.6 Å². The molecule has 1 rings (SSSR count). The van der Waals surface area contributed by atoms with Crippen molar-refractivity contribution in [1.82, 2.24) is 4.72 Å². The normalized spacial score (nSPS) is 16.6. The maximum Gasteiger partial charge on any atom is 0.241 e. The molecule has 0 radical (unpaired) electrons. The summed E-state index contributed by atoms with van der Waals surface area (Å²) in [6.45, 7) is 4.26. The third-order valence-corrected chi connectivity index (χ3v) is 5.33. The lowest BCUT2D eigenvalue weighted by Gasteiger charge is -2.20. The van der Waals surface area contributed by atoms with Crippen LogP contribution in [0.15, 0.2) is 35.2 Å². The first-order chi connectivity index (χ1) is 9.36. The van der Waals surface area contributed by atoms with Gasteiger partial charge in [0.05, 0.1) is 16.4 Å². The van der Waals surface area contributed by atoms with Crippen LogP contribution in [-0.4, -0.2) is 20.0 Å². The zero-order valence-corrected chi connectivity index (χ0v) is 13.5. The Balaban J connectivity index is 2.59. The van der Waals surface area contributed by atoms with Crippen LogP contribution in [0.2, 0.25) is 0 Å². The van der Waals surface area contributed by atoms with Gasteiger partial charge in [-0.2, -0.15) is 4.72 Å². The van der Waals surface area contributed by atoms with Gasteiger partial charge in [-0.25, -0.2) is 8.42 Å². The molecule has 20 heavy (non-hydrogen) atoms. The molecule has 0 aliphatic rings. The Hall–Kier alpha value is -0.620. The van der Waals surface area contributed by atoms with Gasteiger partial charge in [-0.1, -0.05) is 38.5 Å². The molecule has 0 aliphatic carbocycles. The lowest BCUT2D eigenvalue weighted by Crippen LogP contribution is -2.47. The minimum absolute atomic E-state index is 0.196. The van der Waals surface area contributed by atoms with Crippen LogP contribution in [0, 0.1) is 5.92 Å². The number of nitrogens with one attached hydrogen (secondary N) is 1. The summed E-state index contributed by atoms with van der Waals surface area (Å²) < 4.78 is 26.6. The molecule has 3 atom stereocenters. The highest BCUT2D eigenvalue weighted by Gasteiger charge is 2.22. The van der Waals surface area contributed by atoms with Gasteiger partial charge in [0.2, 0.25) is 10.0 Å². The van der Waals surface area contributed by atoms with Crippen LogP contribution in [0.5, 0.6) is 0 Å². The van der Waals surface area contributed by atoms with Gasteiger partial charge in [0.25, 0.3) is 0 Å². The minimum Gasteiger partial charge on any atom is -0.314 e. The summed E-state index contributed by atoms with van der Waals surface area (Å²) >= 11 is 6.17. The summed E-state index contributed by atoms with van der Waals surface area (Å²) in [6.07, 6.45) is 1.92. The summed E-state index contributed by atoms with van der Waals surface area (Å²) in [6, 6.07) is 8.15. The fraction of sp³-hybridized carbons (Fsp3) is 0.571. The molecular formula is C14H23ClN2O2S. The van der Waals surface area contributed by atoms with E-state index >= 15 is 0 Å². The van der Waals surface area contributed by atoms with E-state index in [-0.39, 0.29) is 4.90 Å². The van der Waals surface area contributed by atoms with Gasteiger partial charge in [0.15, 0.2) is 0 Å². The number of halogens is 1. The lowest BCUT2D eigenvalue weighted by atomic mass is 10.0. The van der Waals surface area contributed by atoms with Crippen LogP contribution < -0.4 is 10.5 Å². The average molecular weight is 319 g/mol. The third kappa shape index (κ3) is 5.40. The van der Waals surface area contributed by atoms with Gasteiger partial charge in [-0.3, -0.25) is 0 Å². The Bertz CT molecular complexity index is 493. The molecule has 0 heterocycles. The largest absolute Gasteiger partial charge is 0.314 e. The Morgan fingerprint density at radius 3 is 2.40 bits per heavy atom. The molecule has 114 valence electrons. The molecule has 0 amide bonds. The number of nitrogens with two attached hydrogens (primary N) is 1. The van der Waals surface area contributed by atoms with Crippen LogP contribution in [0.4, 0.5) is 0 Å².